The van der Waals surface area contributed by atoms with Crippen molar-refractivity contribution in [3.8, 4) is 11.4 Å². The second-order valence-corrected chi connectivity index (χ2v) is 3.05. The van der Waals surface area contributed by atoms with E-state index in [2.05, 4.69) is 9.97 Å². The molecule has 0 aliphatic rings. The van der Waals surface area contributed by atoms with Gasteiger partial charge in [-0.15, -0.1) is 0 Å². The first-order chi connectivity index (χ1) is 7.59. The number of carbonyl (C=O) groups is 1. The third-order valence-electron chi connectivity index (χ3n) is 2.01. The molecule has 1 aromatic heterocycles. The molecule has 6 heteroatoms. The van der Waals surface area contributed by atoms with Crippen LogP contribution in [-0.4, -0.2) is 21.0 Å². The third-order valence-corrected chi connectivity index (χ3v) is 2.01. The summed E-state index contributed by atoms with van der Waals surface area (Å²) in [7, 11) is 0. The molecular formula is C10H6F2N2O2. The number of hydrogen-bond acceptors (Lipinski definition) is 2. The number of H-pyrrole nitrogens is 1. The zero-order chi connectivity index (χ0) is 11.7. The lowest BCUT2D eigenvalue weighted by atomic mass is 10.2. The third kappa shape index (κ3) is 1.65. The van der Waals surface area contributed by atoms with Crippen LogP contribution in [0.3, 0.4) is 0 Å². The first-order valence-corrected chi connectivity index (χ1v) is 4.32. The Labute approximate surface area is 88.6 Å². The van der Waals surface area contributed by atoms with E-state index in [1.165, 1.54) is 6.07 Å². The summed E-state index contributed by atoms with van der Waals surface area (Å²) in [5.74, 6) is -2.99. The average molecular weight is 224 g/mol. The summed E-state index contributed by atoms with van der Waals surface area (Å²) < 4.78 is 26.6. The Hall–Kier alpha value is -2.24. The summed E-state index contributed by atoms with van der Waals surface area (Å²) in [6.07, 6.45) is 1.00. The zero-order valence-corrected chi connectivity index (χ0v) is 7.87. The summed E-state index contributed by atoms with van der Waals surface area (Å²) in [5, 5.41) is 8.62. The smallest absolute Gasteiger partial charge is 0.353 e. The largest absolute Gasteiger partial charge is 0.477 e. The van der Waals surface area contributed by atoms with Crippen LogP contribution in [0, 0.1) is 11.6 Å². The molecule has 1 heterocycles. The highest BCUT2D eigenvalue weighted by Crippen LogP contribution is 2.22. The van der Waals surface area contributed by atoms with Gasteiger partial charge in [0.15, 0.2) is 0 Å². The lowest BCUT2D eigenvalue weighted by Crippen LogP contribution is -1.96. The van der Waals surface area contributed by atoms with E-state index in [4.69, 9.17) is 5.11 Å². The number of nitrogens with one attached hydrogen (secondary N) is 1. The fraction of sp³-hybridized carbons (Fsp3) is 0. The van der Waals surface area contributed by atoms with Crippen LogP contribution in [0.15, 0.2) is 24.4 Å². The van der Waals surface area contributed by atoms with Crippen LogP contribution in [0.4, 0.5) is 8.78 Å². The minimum absolute atomic E-state index is 0.145. The van der Waals surface area contributed by atoms with E-state index >= 15 is 0 Å². The number of halogens is 2. The molecule has 0 aliphatic heterocycles. The molecular weight excluding hydrogens is 218 g/mol. The van der Waals surface area contributed by atoms with Gasteiger partial charge in [-0.05, 0) is 12.1 Å². The Morgan fingerprint density at radius 3 is 2.44 bits per heavy atom. The molecule has 0 atom stereocenters. The number of aromatic amines is 1. The van der Waals surface area contributed by atoms with Crippen molar-refractivity contribution in [2.75, 3.05) is 0 Å². The van der Waals surface area contributed by atoms with Crippen molar-refractivity contribution in [3.63, 3.8) is 0 Å². The van der Waals surface area contributed by atoms with Crippen molar-refractivity contribution < 1.29 is 18.7 Å². The molecule has 16 heavy (non-hydrogen) atoms. The van der Waals surface area contributed by atoms with Gasteiger partial charge in [0.25, 0.3) is 0 Å². The van der Waals surface area contributed by atoms with E-state index in [1.807, 2.05) is 0 Å². The molecule has 0 fully saturated rings. The number of imidazole rings is 1. The standard InChI is InChI=1S/C10H6F2N2O2/c11-5-2-1-3-6(12)8(5)9-13-4-7(14-9)10(15)16/h1-4H,(H,13,14)(H,15,16). The van der Waals surface area contributed by atoms with Gasteiger partial charge in [0, 0.05) is 0 Å². The average Bonchev–Trinajstić information content (AvgIpc) is 2.66. The predicted molar refractivity (Wildman–Crippen MR) is 50.9 cm³/mol. The lowest BCUT2D eigenvalue weighted by molar-refractivity contribution is 0.0691. The highest BCUT2D eigenvalue weighted by atomic mass is 19.1. The van der Waals surface area contributed by atoms with Crippen LogP contribution in [0.25, 0.3) is 11.4 Å². The van der Waals surface area contributed by atoms with E-state index in [0.717, 1.165) is 18.3 Å². The monoisotopic (exact) mass is 224 g/mol. The van der Waals surface area contributed by atoms with E-state index in [9.17, 15) is 13.6 Å². The number of nitrogens with zero attached hydrogens (tertiary/aromatic N) is 1. The van der Waals surface area contributed by atoms with Gasteiger partial charge in [0.2, 0.25) is 0 Å². The molecule has 0 unspecified atom stereocenters. The van der Waals surface area contributed by atoms with Crippen molar-refractivity contribution in [2.45, 2.75) is 0 Å². The van der Waals surface area contributed by atoms with Crippen LogP contribution in [-0.2, 0) is 0 Å². The number of carboxylic acids is 1. The van der Waals surface area contributed by atoms with E-state index in [1.54, 1.807) is 0 Å². The maximum absolute atomic E-state index is 13.3. The quantitative estimate of drug-likeness (QED) is 0.820. The number of rotatable bonds is 2. The maximum Gasteiger partial charge on any atom is 0.353 e. The SMILES string of the molecule is O=C(O)c1cnc(-c2c(F)cccc2F)[nH]1. The van der Waals surface area contributed by atoms with Gasteiger partial charge in [-0.2, -0.15) is 0 Å². The highest BCUT2D eigenvalue weighted by Gasteiger charge is 2.15. The fourth-order valence-corrected chi connectivity index (χ4v) is 1.28. The van der Waals surface area contributed by atoms with E-state index < -0.39 is 17.6 Å². The molecule has 0 saturated heterocycles. The summed E-state index contributed by atoms with van der Waals surface area (Å²) in [6, 6.07) is 3.36. The minimum Gasteiger partial charge on any atom is -0.477 e. The van der Waals surface area contributed by atoms with Crippen LogP contribution in [0.1, 0.15) is 10.5 Å². The van der Waals surface area contributed by atoms with Crippen molar-refractivity contribution in [1.82, 2.24) is 9.97 Å². The second-order valence-electron chi connectivity index (χ2n) is 3.05. The molecule has 0 bridgehead atoms. The normalized spacial score (nSPS) is 10.4. The number of hydrogen-bond donors (Lipinski definition) is 2. The molecule has 82 valence electrons. The van der Waals surface area contributed by atoms with Crippen molar-refractivity contribution in [3.05, 3.63) is 41.7 Å². The van der Waals surface area contributed by atoms with Crippen LogP contribution < -0.4 is 0 Å². The molecule has 0 spiro atoms. The fourth-order valence-electron chi connectivity index (χ4n) is 1.28. The van der Waals surface area contributed by atoms with Crippen LogP contribution in [0.2, 0.25) is 0 Å². The molecule has 0 amide bonds. The van der Waals surface area contributed by atoms with Gasteiger partial charge in [-0.1, -0.05) is 6.07 Å². The molecule has 1 aromatic carbocycles. The summed E-state index contributed by atoms with van der Waals surface area (Å²) in [6.45, 7) is 0. The highest BCUT2D eigenvalue weighted by molar-refractivity contribution is 5.85. The first-order valence-electron chi connectivity index (χ1n) is 4.32. The Kier molecular flexibility index (Phi) is 2.40. The second kappa shape index (κ2) is 3.73. The van der Waals surface area contributed by atoms with Crippen molar-refractivity contribution >= 4 is 5.97 Å². The van der Waals surface area contributed by atoms with Gasteiger partial charge in [0.1, 0.15) is 23.2 Å². The number of aromatic carboxylic acids is 1. The molecule has 0 aliphatic carbocycles. The molecule has 2 rings (SSSR count). The molecule has 0 radical (unpaired) electrons. The van der Waals surface area contributed by atoms with Gasteiger partial charge < -0.3 is 10.1 Å². The number of aromatic nitrogens is 2. The zero-order valence-electron chi connectivity index (χ0n) is 7.87. The number of benzene rings is 1. The molecule has 2 aromatic rings. The van der Waals surface area contributed by atoms with Crippen molar-refractivity contribution in [1.29, 1.82) is 0 Å². The summed E-state index contributed by atoms with van der Waals surface area (Å²) in [5.41, 5.74) is -0.590. The Morgan fingerprint density at radius 2 is 1.94 bits per heavy atom. The first kappa shape index (κ1) is 10.3. The van der Waals surface area contributed by atoms with Gasteiger partial charge in [-0.25, -0.2) is 18.6 Å². The van der Waals surface area contributed by atoms with E-state index in [-0.39, 0.29) is 17.1 Å². The Balaban J connectivity index is 2.54. The predicted octanol–water partition coefficient (Wildman–Crippen LogP) is 2.05. The minimum atomic E-state index is -1.24. The summed E-state index contributed by atoms with van der Waals surface area (Å²) >= 11 is 0. The van der Waals surface area contributed by atoms with Gasteiger partial charge in [-0.3, -0.25) is 0 Å². The van der Waals surface area contributed by atoms with Crippen LogP contribution >= 0.6 is 0 Å². The molecule has 2 N–H and O–H groups in total. The topological polar surface area (TPSA) is 66.0 Å². The van der Waals surface area contributed by atoms with Gasteiger partial charge >= 0.3 is 5.97 Å². The summed E-state index contributed by atoms with van der Waals surface area (Å²) in [4.78, 5) is 16.5. The van der Waals surface area contributed by atoms with E-state index in [0.29, 0.717) is 0 Å². The molecule has 0 saturated carbocycles. The lowest BCUT2D eigenvalue weighted by Gasteiger charge is -2.00. The van der Waals surface area contributed by atoms with Gasteiger partial charge in [0.05, 0.1) is 11.8 Å². The van der Waals surface area contributed by atoms with Crippen molar-refractivity contribution in [2.24, 2.45) is 0 Å². The Morgan fingerprint density at radius 1 is 1.31 bits per heavy atom. The Bertz CT molecular complexity index is 531. The number of carboxylic acid groups (broad SMARTS) is 1. The van der Waals surface area contributed by atoms with Crippen LogP contribution in [0.5, 0.6) is 0 Å². The maximum atomic E-state index is 13.3. The molecule has 4 nitrogen and oxygen atoms in total.